The van der Waals surface area contributed by atoms with Crippen LogP contribution >= 0.6 is 35.0 Å². The number of benzene rings is 2. The van der Waals surface area contributed by atoms with E-state index in [4.69, 9.17) is 27.9 Å². The molecule has 0 fully saturated rings. The molecule has 1 aliphatic rings. The molecule has 1 aliphatic heterocycles. The Morgan fingerprint density at radius 2 is 1.96 bits per heavy atom. The van der Waals surface area contributed by atoms with E-state index in [0.29, 0.717) is 21.6 Å². The summed E-state index contributed by atoms with van der Waals surface area (Å²) in [7, 11) is 0. The summed E-state index contributed by atoms with van der Waals surface area (Å²) in [5.74, 6) is 1.80. The van der Waals surface area contributed by atoms with Crippen LogP contribution in [0.3, 0.4) is 0 Å². The first-order valence-corrected chi connectivity index (χ1v) is 10.8. The first-order chi connectivity index (χ1) is 12.7. The third-order valence-electron chi connectivity index (χ3n) is 4.50. The van der Waals surface area contributed by atoms with Crippen LogP contribution in [0.5, 0.6) is 5.75 Å². The topological polar surface area (TPSA) is 38.3 Å². The number of carbonyl (C=O) groups excluding carboxylic acids is 1. The summed E-state index contributed by atoms with van der Waals surface area (Å²) in [5.41, 5.74) is 2.72. The highest BCUT2D eigenvalue weighted by atomic mass is 35.5. The second-order valence-electron chi connectivity index (χ2n) is 7.42. The molecule has 0 radical (unpaired) electrons. The van der Waals surface area contributed by atoms with Crippen LogP contribution in [-0.2, 0) is 10.5 Å². The summed E-state index contributed by atoms with van der Waals surface area (Å²) in [6.45, 7) is 6.13. The van der Waals surface area contributed by atoms with E-state index in [-0.39, 0.29) is 17.6 Å². The molecule has 2 aromatic rings. The van der Waals surface area contributed by atoms with Gasteiger partial charge in [-0.1, -0.05) is 41.4 Å². The summed E-state index contributed by atoms with van der Waals surface area (Å²) < 4.78 is 6.09. The number of hydrogen-bond acceptors (Lipinski definition) is 3. The minimum absolute atomic E-state index is 0.00241. The number of aryl methyl sites for hydroxylation is 1. The van der Waals surface area contributed by atoms with Crippen LogP contribution in [0.4, 0.5) is 0 Å². The Hall–Kier alpha value is -1.36. The molecule has 0 bridgehead atoms. The van der Waals surface area contributed by atoms with Gasteiger partial charge in [0.1, 0.15) is 11.4 Å². The van der Waals surface area contributed by atoms with Crippen molar-refractivity contribution in [2.75, 3.05) is 5.75 Å². The highest BCUT2D eigenvalue weighted by molar-refractivity contribution is 7.99. The SMILES string of the molecule is Cc1ccc2c(c1)OC(C)(C)C[C@@H]2NC(=O)CSCc1c(Cl)cccc1Cl. The van der Waals surface area contributed by atoms with Crippen molar-refractivity contribution in [1.29, 1.82) is 0 Å². The molecule has 1 N–H and O–H groups in total. The van der Waals surface area contributed by atoms with Gasteiger partial charge in [-0.3, -0.25) is 4.79 Å². The number of halogens is 2. The largest absolute Gasteiger partial charge is 0.487 e. The van der Waals surface area contributed by atoms with Crippen molar-refractivity contribution in [2.24, 2.45) is 0 Å². The Kier molecular flexibility index (Phi) is 6.29. The molecule has 0 aliphatic carbocycles. The Balaban J connectivity index is 1.62. The lowest BCUT2D eigenvalue weighted by atomic mass is 9.89. The Bertz CT molecular complexity index is 834. The molecule has 2 aromatic carbocycles. The van der Waals surface area contributed by atoms with E-state index in [9.17, 15) is 4.79 Å². The molecule has 1 atom stereocenters. The fraction of sp³-hybridized carbons (Fsp3) is 0.381. The number of carbonyl (C=O) groups is 1. The van der Waals surface area contributed by atoms with Gasteiger partial charge in [-0.15, -0.1) is 11.8 Å². The molecule has 3 rings (SSSR count). The average Bonchev–Trinajstić information content (AvgIpc) is 2.56. The molecule has 27 heavy (non-hydrogen) atoms. The van der Waals surface area contributed by atoms with Crippen LogP contribution < -0.4 is 10.1 Å². The monoisotopic (exact) mass is 423 g/mol. The Morgan fingerprint density at radius 1 is 1.26 bits per heavy atom. The van der Waals surface area contributed by atoms with E-state index in [1.807, 2.05) is 57.2 Å². The number of hydrogen-bond donors (Lipinski definition) is 1. The number of nitrogens with one attached hydrogen (secondary N) is 1. The first-order valence-electron chi connectivity index (χ1n) is 8.85. The molecule has 0 aromatic heterocycles. The molecule has 1 heterocycles. The summed E-state index contributed by atoms with van der Waals surface area (Å²) in [4.78, 5) is 12.5. The molecular weight excluding hydrogens is 401 g/mol. The summed E-state index contributed by atoms with van der Waals surface area (Å²) in [6, 6.07) is 11.5. The lowest BCUT2D eigenvalue weighted by molar-refractivity contribution is -0.119. The molecular formula is C21H23Cl2NO2S. The van der Waals surface area contributed by atoms with Crippen LogP contribution in [0, 0.1) is 6.92 Å². The summed E-state index contributed by atoms with van der Waals surface area (Å²) in [6.07, 6.45) is 0.732. The van der Waals surface area contributed by atoms with Crippen molar-refractivity contribution >= 4 is 40.9 Å². The highest BCUT2D eigenvalue weighted by Crippen LogP contribution is 2.40. The van der Waals surface area contributed by atoms with Crippen LogP contribution in [0.15, 0.2) is 36.4 Å². The standard InChI is InChI=1S/C21H23Cl2NO2S/c1-13-7-8-14-18(10-21(2,3)26-19(14)9-13)24-20(25)12-27-11-15-16(22)5-4-6-17(15)23/h4-9,18H,10-12H2,1-3H3,(H,24,25)/t18-/m0/s1. The third-order valence-corrected chi connectivity index (χ3v) is 6.17. The zero-order valence-electron chi connectivity index (χ0n) is 15.6. The Morgan fingerprint density at radius 3 is 2.67 bits per heavy atom. The van der Waals surface area contributed by atoms with E-state index in [1.165, 1.54) is 11.8 Å². The van der Waals surface area contributed by atoms with Gasteiger partial charge in [0.25, 0.3) is 0 Å². The van der Waals surface area contributed by atoms with Crippen LogP contribution in [0.2, 0.25) is 10.0 Å². The maximum atomic E-state index is 12.5. The van der Waals surface area contributed by atoms with Crippen molar-refractivity contribution in [3.05, 3.63) is 63.1 Å². The fourth-order valence-electron chi connectivity index (χ4n) is 3.24. The molecule has 0 spiro atoms. The number of rotatable bonds is 5. The minimum Gasteiger partial charge on any atom is -0.487 e. The van der Waals surface area contributed by atoms with E-state index in [2.05, 4.69) is 5.32 Å². The second kappa shape index (κ2) is 8.34. The smallest absolute Gasteiger partial charge is 0.230 e. The highest BCUT2D eigenvalue weighted by Gasteiger charge is 2.34. The predicted octanol–water partition coefficient (Wildman–Crippen LogP) is 5.95. The summed E-state index contributed by atoms with van der Waals surface area (Å²) in [5, 5.41) is 4.42. The predicted molar refractivity (Wildman–Crippen MR) is 114 cm³/mol. The second-order valence-corrected chi connectivity index (χ2v) is 9.22. The van der Waals surface area contributed by atoms with Crippen molar-refractivity contribution in [1.82, 2.24) is 5.32 Å². The first kappa shape index (κ1) is 20.4. The third kappa shape index (κ3) is 5.13. The zero-order valence-corrected chi connectivity index (χ0v) is 18.0. The van der Waals surface area contributed by atoms with Crippen molar-refractivity contribution in [3.8, 4) is 5.75 Å². The van der Waals surface area contributed by atoms with Crippen LogP contribution in [-0.4, -0.2) is 17.3 Å². The quantitative estimate of drug-likeness (QED) is 0.644. The van der Waals surface area contributed by atoms with Crippen LogP contribution in [0.1, 0.15) is 43.0 Å². The fourth-order valence-corrected chi connectivity index (χ4v) is 4.81. The lowest BCUT2D eigenvalue weighted by Crippen LogP contribution is -2.41. The van der Waals surface area contributed by atoms with Gasteiger partial charge in [0.2, 0.25) is 5.91 Å². The number of thioether (sulfide) groups is 1. The maximum absolute atomic E-state index is 12.5. The van der Waals surface area contributed by atoms with Gasteiger partial charge in [0.15, 0.2) is 0 Å². The molecule has 1 amide bonds. The van der Waals surface area contributed by atoms with Gasteiger partial charge in [-0.25, -0.2) is 0 Å². The van der Waals surface area contributed by atoms with Gasteiger partial charge in [0.05, 0.1) is 11.8 Å². The normalized spacial score (nSPS) is 17.7. The lowest BCUT2D eigenvalue weighted by Gasteiger charge is -2.38. The summed E-state index contributed by atoms with van der Waals surface area (Å²) >= 11 is 13.9. The van der Waals surface area contributed by atoms with Crippen molar-refractivity contribution in [2.45, 2.75) is 44.6 Å². The van der Waals surface area contributed by atoms with Gasteiger partial charge in [-0.2, -0.15) is 0 Å². The number of amides is 1. The Labute approximate surface area is 174 Å². The van der Waals surface area contributed by atoms with E-state index in [1.54, 1.807) is 0 Å². The van der Waals surface area contributed by atoms with Crippen molar-refractivity contribution < 1.29 is 9.53 Å². The molecule has 0 saturated carbocycles. The van der Waals surface area contributed by atoms with Gasteiger partial charge in [-0.05, 0) is 50.1 Å². The average molecular weight is 424 g/mol. The maximum Gasteiger partial charge on any atom is 0.230 e. The van der Waals surface area contributed by atoms with E-state index < -0.39 is 0 Å². The number of fused-ring (bicyclic) bond motifs is 1. The van der Waals surface area contributed by atoms with Gasteiger partial charge >= 0.3 is 0 Å². The molecule has 144 valence electrons. The van der Waals surface area contributed by atoms with Gasteiger partial charge < -0.3 is 10.1 Å². The van der Waals surface area contributed by atoms with Crippen LogP contribution in [0.25, 0.3) is 0 Å². The van der Waals surface area contributed by atoms with Crippen molar-refractivity contribution in [3.63, 3.8) is 0 Å². The van der Waals surface area contributed by atoms with Gasteiger partial charge in [0, 0.05) is 27.8 Å². The number of ether oxygens (including phenoxy) is 1. The van der Waals surface area contributed by atoms with E-state index in [0.717, 1.165) is 28.9 Å². The van der Waals surface area contributed by atoms with E-state index >= 15 is 0 Å². The molecule has 0 unspecified atom stereocenters. The molecule has 6 heteroatoms. The molecule has 3 nitrogen and oxygen atoms in total. The minimum atomic E-state index is -0.322. The zero-order chi connectivity index (χ0) is 19.6. The molecule has 0 saturated heterocycles.